The fourth-order valence-electron chi connectivity index (χ4n) is 1.49. The van der Waals surface area contributed by atoms with Gasteiger partial charge in [0.2, 0.25) is 0 Å². The lowest BCUT2D eigenvalue weighted by Crippen LogP contribution is -2.13. The summed E-state index contributed by atoms with van der Waals surface area (Å²) >= 11 is 5.64. The normalized spacial score (nSPS) is 10.2. The number of aromatic hydroxyl groups is 2. The fourth-order valence-corrected chi connectivity index (χ4v) is 1.66. The van der Waals surface area contributed by atoms with Gasteiger partial charge in [0, 0.05) is 11.1 Å². The van der Waals surface area contributed by atoms with Crippen LogP contribution in [0, 0.1) is 5.82 Å². The van der Waals surface area contributed by atoms with Crippen LogP contribution in [0.5, 0.6) is 11.5 Å². The molecular formula is C13H9ClFNO3. The Morgan fingerprint density at radius 1 is 1.16 bits per heavy atom. The Balaban J connectivity index is 2.25. The molecule has 0 unspecified atom stereocenters. The van der Waals surface area contributed by atoms with E-state index in [9.17, 15) is 14.3 Å². The number of carbonyl (C=O) groups excluding carboxylic acids is 1. The van der Waals surface area contributed by atoms with Crippen molar-refractivity contribution >= 4 is 23.2 Å². The maximum Gasteiger partial charge on any atom is 0.259 e. The highest BCUT2D eigenvalue weighted by atomic mass is 35.5. The van der Waals surface area contributed by atoms with E-state index in [2.05, 4.69) is 5.32 Å². The van der Waals surface area contributed by atoms with E-state index in [-0.39, 0.29) is 27.8 Å². The lowest BCUT2D eigenvalue weighted by atomic mass is 10.2. The van der Waals surface area contributed by atoms with Crippen molar-refractivity contribution in [3.8, 4) is 11.5 Å². The molecular weight excluding hydrogens is 273 g/mol. The van der Waals surface area contributed by atoms with Gasteiger partial charge in [0.15, 0.2) is 0 Å². The minimum atomic E-state index is -0.776. The van der Waals surface area contributed by atoms with E-state index in [1.165, 1.54) is 30.3 Å². The van der Waals surface area contributed by atoms with Gasteiger partial charge in [-0.05, 0) is 30.3 Å². The van der Waals surface area contributed by atoms with Gasteiger partial charge in [-0.2, -0.15) is 0 Å². The standard InChI is InChI=1S/C13H9ClFNO3/c14-7-1-3-9(12(18)5-7)13(19)16-11-4-2-8(17)6-10(11)15/h1-6,17-18H,(H,16,19). The van der Waals surface area contributed by atoms with Crippen LogP contribution in [0.4, 0.5) is 10.1 Å². The molecule has 3 N–H and O–H groups in total. The van der Waals surface area contributed by atoms with Crippen LogP contribution in [-0.2, 0) is 0 Å². The van der Waals surface area contributed by atoms with Crippen LogP contribution in [0.3, 0.4) is 0 Å². The van der Waals surface area contributed by atoms with Gasteiger partial charge in [0.25, 0.3) is 5.91 Å². The Labute approximate surface area is 113 Å². The third-order valence-corrected chi connectivity index (χ3v) is 2.64. The maximum absolute atomic E-state index is 13.4. The molecule has 0 aliphatic rings. The molecule has 0 radical (unpaired) electrons. The van der Waals surface area contributed by atoms with Gasteiger partial charge < -0.3 is 15.5 Å². The molecule has 1 amide bonds. The first-order valence-corrected chi connectivity index (χ1v) is 5.63. The van der Waals surface area contributed by atoms with Gasteiger partial charge in [-0.15, -0.1) is 0 Å². The van der Waals surface area contributed by atoms with E-state index in [1.807, 2.05) is 0 Å². The smallest absolute Gasteiger partial charge is 0.259 e. The van der Waals surface area contributed by atoms with Gasteiger partial charge in [0.1, 0.15) is 17.3 Å². The van der Waals surface area contributed by atoms with Crippen LogP contribution < -0.4 is 5.32 Å². The molecule has 19 heavy (non-hydrogen) atoms. The first-order valence-electron chi connectivity index (χ1n) is 5.26. The van der Waals surface area contributed by atoms with Crippen LogP contribution in [-0.4, -0.2) is 16.1 Å². The van der Waals surface area contributed by atoms with Crippen LogP contribution in [0.1, 0.15) is 10.4 Å². The average molecular weight is 282 g/mol. The molecule has 0 saturated carbocycles. The van der Waals surface area contributed by atoms with Crippen LogP contribution in [0.25, 0.3) is 0 Å². The van der Waals surface area contributed by atoms with Crippen LogP contribution in [0.15, 0.2) is 36.4 Å². The van der Waals surface area contributed by atoms with Gasteiger partial charge in [-0.3, -0.25) is 4.79 Å². The third-order valence-electron chi connectivity index (χ3n) is 2.41. The van der Waals surface area contributed by atoms with Gasteiger partial charge >= 0.3 is 0 Å². The monoisotopic (exact) mass is 281 g/mol. The minimum absolute atomic E-state index is 0.0307. The highest BCUT2D eigenvalue weighted by Crippen LogP contribution is 2.24. The number of amides is 1. The highest BCUT2D eigenvalue weighted by molar-refractivity contribution is 6.30. The third kappa shape index (κ3) is 2.95. The van der Waals surface area contributed by atoms with Crippen molar-refractivity contribution in [3.05, 3.63) is 52.8 Å². The van der Waals surface area contributed by atoms with Gasteiger partial charge in [-0.1, -0.05) is 11.6 Å². The summed E-state index contributed by atoms with van der Waals surface area (Å²) in [4.78, 5) is 11.8. The zero-order valence-electron chi connectivity index (χ0n) is 9.52. The van der Waals surface area contributed by atoms with Crippen molar-refractivity contribution in [3.63, 3.8) is 0 Å². The number of anilines is 1. The van der Waals surface area contributed by atoms with Crippen LogP contribution in [0.2, 0.25) is 5.02 Å². The number of carbonyl (C=O) groups is 1. The van der Waals surface area contributed by atoms with Crippen LogP contribution >= 0.6 is 11.6 Å². The molecule has 0 fully saturated rings. The summed E-state index contributed by atoms with van der Waals surface area (Å²) in [5, 5.41) is 21.2. The van der Waals surface area contributed by atoms with E-state index < -0.39 is 11.7 Å². The number of hydrogen-bond donors (Lipinski definition) is 3. The summed E-state index contributed by atoms with van der Waals surface area (Å²) in [5.41, 5.74) is -0.131. The molecule has 0 bridgehead atoms. The summed E-state index contributed by atoms with van der Waals surface area (Å²) in [6, 6.07) is 7.30. The first-order chi connectivity index (χ1) is 8.97. The molecule has 98 valence electrons. The lowest BCUT2D eigenvalue weighted by Gasteiger charge is -2.08. The summed E-state index contributed by atoms with van der Waals surface area (Å²) in [5.74, 6) is -2.01. The molecule has 0 aliphatic carbocycles. The number of hydrogen-bond acceptors (Lipinski definition) is 3. The van der Waals surface area contributed by atoms with E-state index in [1.54, 1.807) is 0 Å². The Kier molecular flexibility index (Phi) is 3.57. The Morgan fingerprint density at radius 2 is 1.89 bits per heavy atom. The van der Waals surface area contributed by atoms with Gasteiger partial charge in [-0.25, -0.2) is 4.39 Å². The second-order valence-corrected chi connectivity index (χ2v) is 4.22. The van der Waals surface area contributed by atoms with E-state index in [4.69, 9.17) is 16.7 Å². The Bertz CT molecular complexity index is 646. The number of nitrogens with one attached hydrogen (secondary N) is 1. The molecule has 0 spiro atoms. The average Bonchev–Trinajstić information content (AvgIpc) is 2.32. The molecule has 2 aromatic carbocycles. The summed E-state index contributed by atoms with van der Waals surface area (Å²) in [6.07, 6.45) is 0. The van der Waals surface area contributed by atoms with Crippen molar-refractivity contribution in [2.75, 3.05) is 5.32 Å². The number of rotatable bonds is 2. The fraction of sp³-hybridized carbons (Fsp3) is 0. The molecule has 0 saturated heterocycles. The van der Waals surface area contributed by atoms with E-state index in [0.29, 0.717) is 0 Å². The summed E-state index contributed by atoms with van der Waals surface area (Å²) in [7, 11) is 0. The second kappa shape index (κ2) is 5.16. The van der Waals surface area contributed by atoms with Crippen molar-refractivity contribution in [2.45, 2.75) is 0 Å². The molecule has 0 atom stereocenters. The van der Waals surface area contributed by atoms with Crippen molar-refractivity contribution in [1.82, 2.24) is 0 Å². The van der Waals surface area contributed by atoms with E-state index >= 15 is 0 Å². The quantitative estimate of drug-likeness (QED) is 0.741. The minimum Gasteiger partial charge on any atom is -0.508 e. The predicted molar refractivity (Wildman–Crippen MR) is 69.1 cm³/mol. The van der Waals surface area contributed by atoms with Crippen molar-refractivity contribution < 1.29 is 19.4 Å². The zero-order chi connectivity index (χ0) is 14.0. The zero-order valence-corrected chi connectivity index (χ0v) is 10.3. The lowest BCUT2D eigenvalue weighted by molar-refractivity contribution is 0.102. The maximum atomic E-state index is 13.4. The molecule has 0 aromatic heterocycles. The molecule has 0 heterocycles. The number of phenolic OH excluding ortho intramolecular Hbond substituents is 2. The summed E-state index contributed by atoms with van der Waals surface area (Å²) in [6.45, 7) is 0. The first kappa shape index (κ1) is 13.2. The molecule has 4 nitrogen and oxygen atoms in total. The number of halogens is 2. The Hall–Kier alpha value is -2.27. The SMILES string of the molecule is O=C(Nc1ccc(O)cc1F)c1ccc(Cl)cc1O. The number of benzene rings is 2. The van der Waals surface area contributed by atoms with Gasteiger partial charge in [0.05, 0.1) is 11.3 Å². The van der Waals surface area contributed by atoms with Crippen molar-refractivity contribution in [2.24, 2.45) is 0 Å². The summed E-state index contributed by atoms with van der Waals surface area (Å²) < 4.78 is 13.4. The highest BCUT2D eigenvalue weighted by Gasteiger charge is 2.13. The largest absolute Gasteiger partial charge is 0.508 e. The topological polar surface area (TPSA) is 69.6 Å². The molecule has 2 aromatic rings. The molecule has 2 rings (SSSR count). The Morgan fingerprint density at radius 3 is 2.53 bits per heavy atom. The second-order valence-electron chi connectivity index (χ2n) is 3.78. The molecule has 6 heteroatoms. The van der Waals surface area contributed by atoms with Crippen molar-refractivity contribution in [1.29, 1.82) is 0 Å². The van der Waals surface area contributed by atoms with E-state index in [0.717, 1.165) is 6.07 Å². The predicted octanol–water partition coefficient (Wildman–Crippen LogP) is 3.14. The number of phenols is 2. The molecule has 0 aliphatic heterocycles.